The third-order valence-electron chi connectivity index (χ3n) is 2.25. The molecular formula is C13H11ClN2O3. The second kappa shape index (κ2) is 6.15. The summed E-state index contributed by atoms with van der Waals surface area (Å²) in [6.45, 7) is 3.40. The summed E-state index contributed by atoms with van der Waals surface area (Å²) in [4.78, 5) is 19.6. The number of carbonyl (C=O) groups is 1. The van der Waals surface area contributed by atoms with Crippen LogP contribution in [0.5, 0.6) is 5.75 Å². The maximum Gasteiger partial charge on any atom is 0.344 e. The molecule has 0 saturated carbocycles. The molecule has 98 valence electrons. The molecule has 1 heterocycles. The van der Waals surface area contributed by atoms with E-state index in [1.807, 2.05) is 0 Å². The maximum absolute atomic E-state index is 11.3. The van der Waals surface area contributed by atoms with Gasteiger partial charge in [-0.2, -0.15) is 0 Å². The molecule has 1 aromatic heterocycles. The SMILES string of the molecule is C=CCOC(=O)COc1ccc(Cl)c2nccnc12. The van der Waals surface area contributed by atoms with Crippen LogP contribution in [0.4, 0.5) is 0 Å². The van der Waals surface area contributed by atoms with E-state index in [0.29, 0.717) is 21.8 Å². The number of carbonyl (C=O) groups excluding carboxylic acids is 1. The van der Waals surface area contributed by atoms with Crippen molar-refractivity contribution in [3.63, 3.8) is 0 Å². The van der Waals surface area contributed by atoms with Crippen molar-refractivity contribution in [1.82, 2.24) is 9.97 Å². The fourth-order valence-electron chi connectivity index (χ4n) is 1.45. The molecule has 0 bridgehead atoms. The van der Waals surface area contributed by atoms with E-state index in [9.17, 15) is 4.79 Å². The minimum Gasteiger partial charge on any atom is -0.480 e. The van der Waals surface area contributed by atoms with Gasteiger partial charge in [0.1, 0.15) is 23.4 Å². The van der Waals surface area contributed by atoms with Crippen molar-refractivity contribution in [2.24, 2.45) is 0 Å². The fraction of sp³-hybridized carbons (Fsp3) is 0.154. The van der Waals surface area contributed by atoms with Crippen molar-refractivity contribution in [1.29, 1.82) is 0 Å². The Labute approximate surface area is 114 Å². The van der Waals surface area contributed by atoms with Crippen molar-refractivity contribution in [3.8, 4) is 5.75 Å². The number of benzene rings is 1. The predicted octanol–water partition coefficient (Wildman–Crippen LogP) is 2.39. The number of hydrogen-bond donors (Lipinski definition) is 0. The van der Waals surface area contributed by atoms with Crippen LogP contribution in [-0.4, -0.2) is 29.2 Å². The molecule has 0 aliphatic heterocycles. The standard InChI is InChI=1S/C13H11ClN2O3/c1-2-7-18-11(17)8-19-10-4-3-9(14)12-13(10)16-6-5-15-12/h2-6H,1,7-8H2. The van der Waals surface area contributed by atoms with Crippen LogP contribution >= 0.6 is 11.6 Å². The Hall–Kier alpha value is -2.14. The number of halogens is 1. The van der Waals surface area contributed by atoms with E-state index in [4.69, 9.17) is 21.1 Å². The molecule has 5 nitrogen and oxygen atoms in total. The summed E-state index contributed by atoms with van der Waals surface area (Å²) < 4.78 is 10.2. The van der Waals surface area contributed by atoms with Gasteiger partial charge in [-0.3, -0.25) is 4.98 Å². The summed E-state index contributed by atoms with van der Waals surface area (Å²) >= 11 is 6.00. The maximum atomic E-state index is 11.3. The highest BCUT2D eigenvalue weighted by Crippen LogP contribution is 2.27. The van der Waals surface area contributed by atoms with E-state index < -0.39 is 5.97 Å². The van der Waals surface area contributed by atoms with Gasteiger partial charge in [0, 0.05) is 12.4 Å². The lowest BCUT2D eigenvalue weighted by atomic mass is 10.3. The molecule has 6 heteroatoms. The van der Waals surface area contributed by atoms with Crippen LogP contribution < -0.4 is 4.74 Å². The highest BCUT2D eigenvalue weighted by Gasteiger charge is 2.10. The van der Waals surface area contributed by atoms with Crippen LogP contribution in [0.1, 0.15) is 0 Å². The lowest BCUT2D eigenvalue weighted by Crippen LogP contribution is -2.15. The fourth-order valence-corrected chi connectivity index (χ4v) is 1.65. The first-order valence-corrected chi connectivity index (χ1v) is 5.88. The molecule has 0 atom stereocenters. The molecule has 0 fully saturated rings. The number of aromatic nitrogens is 2. The molecule has 2 rings (SSSR count). The normalized spacial score (nSPS) is 10.2. The summed E-state index contributed by atoms with van der Waals surface area (Å²) in [5.74, 6) is -0.0463. The molecule has 19 heavy (non-hydrogen) atoms. The van der Waals surface area contributed by atoms with E-state index in [1.54, 1.807) is 12.1 Å². The average molecular weight is 279 g/mol. The Bertz CT molecular complexity index is 616. The van der Waals surface area contributed by atoms with E-state index >= 15 is 0 Å². The van der Waals surface area contributed by atoms with E-state index in [0.717, 1.165) is 0 Å². The molecule has 1 aromatic carbocycles. The molecular weight excluding hydrogens is 268 g/mol. The Kier molecular flexibility index (Phi) is 4.30. The smallest absolute Gasteiger partial charge is 0.344 e. The number of ether oxygens (including phenoxy) is 2. The van der Waals surface area contributed by atoms with Gasteiger partial charge in [-0.05, 0) is 12.1 Å². The number of rotatable bonds is 5. The number of fused-ring (bicyclic) bond motifs is 1. The largest absolute Gasteiger partial charge is 0.480 e. The Balaban J connectivity index is 2.15. The van der Waals surface area contributed by atoms with Gasteiger partial charge in [-0.15, -0.1) is 0 Å². The highest BCUT2D eigenvalue weighted by atomic mass is 35.5. The summed E-state index contributed by atoms with van der Waals surface area (Å²) in [5, 5.41) is 0.477. The zero-order valence-electron chi connectivity index (χ0n) is 10.0. The molecule has 0 radical (unpaired) electrons. The molecule has 0 aliphatic rings. The van der Waals surface area contributed by atoms with Gasteiger partial charge in [-0.25, -0.2) is 9.78 Å². The van der Waals surface area contributed by atoms with Gasteiger partial charge in [0.05, 0.1) is 5.02 Å². The Morgan fingerprint density at radius 2 is 2.05 bits per heavy atom. The van der Waals surface area contributed by atoms with Gasteiger partial charge < -0.3 is 9.47 Å². The highest BCUT2D eigenvalue weighted by molar-refractivity contribution is 6.35. The predicted molar refractivity (Wildman–Crippen MR) is 71.2 cm³/mol. The van der Waals surface area contributed by atoms with Crippen LogP contribution in [0, 0.1) is 0 Å². The average Bonchev–Trinajstić information content (AvgIpc) is 2.45. The van der Waals surface area contributed by atoms with Crippen molar-refractivity contribution in [2.45, 2.75) is 0 Å². The van der Waals surface area contributed by atoms with Crippen LogP contribution in [0.15, 0.2) is 37.2 Å². The van der Waals surface area contributed by atoms with Crippen LogP contribution in [0.25, 0.3) is 11.0 Å². The Morgan fingerprint density at radius 3 is 2.79 bits per heavy atom. The summed E-state index contributed by atoms with van der Waals surface area (Å²) in [7, 11) is 0. The first-order valence-electron chi connectivity index (χ1n) is 5.51. The minimum atomic E-state index is -0.480. The van der Waals surface area contributed by atoms with Gasteiger partial charge in [0.15, 0.2) is 6.61 Å². The van der Waals surface area contributed by atoms with Crippen LogP contribution in [0.2, 0.25) is 5.02 Å². The van der Waals surface area contributed by atoms with E-state index in [2.05, 4.69) is 16.5 Å². The number of nitrogens with zero attached hydrogens (tertiary/aromatic N) is 2. The third kappa shape index (κ3) is 3.20. The van der Waals surface area contributed by atoms with Gasteiger partial charge in [0.25, 0.3) is 0 Å². The zero-order valence-corrected chi connectivity index (χ0v) is 10.8. The topological polar surface area (TPSA) is 61.3 Å². The molecule has 0 N–H and O–H groups in total. The van der Waals surface area contributed by atoms with Crippen molar-refractivity contribution in [2.75, 3.05) is 13.2 Å². The molecule has 0 aliphatic carbocycles. The second-order valence-electron chi connectivity index (χ2n) is 3.56. The summed E-state index contributed by atoms with van der Waals surface area (Å²) in [6.07, 6.45) is 4.55. The molecule has 0 spiro atoms. The molecule has 2 aromatic rings. The zero-order chi connectivity index (χ0) is 13.7. The Morgan fingerprint density at radius 1 is 1.32 bits per heavy atom. The minimum absolute atomic E-state index is 0.156. The molecule has 0 amide bonds. The first-order chi connectivity index (χ1) is 9.22. The van der Waals surface area contributed by atoms with Gasteiger partial charge in [-0.1, -0.05) is 24.3 Å². The van der Waals surface area contributed by atoms with Crippen LogP contribution in [0.3, 0.4) is 0 Å². The lowest BCUT2D eigenvalue weighted by molar-refractivity contribution is -0.144. The monoisotopic (exact) mass is 278 g/mol. The first kappa shape index (κ1) is 13.3. The summed E-state index contributed by atoms with van der Waals surface area (Å²) in [6, 6.07) is 3.28. The van der Waals surface area contributed by atoms with Crippen molar-refractivity contribution in [3.05, 3.63) is 42.2 Å². The number of hydrogen-bond acceptors (Lipinski definition) is 5. The summed E-state index contributed by atoms with van der Waals surface area (Å²) in [5.41, 5.74) is 1.03. The van der Waals surface area contributed by atoms with Crippen molar-refractivity contribution < 1.29 is 14.3 Å². The lowest BCUT2D eigenvalue weighted by Gasteiger charge is -2.08. The number of esters is 1. The van der Waals surface area contributed by atoms with E-state index in [-0.39, 0.29) is 13.2 Å². The quantitative estimate of drug-likeness (QED) is 0.621. The van der Waals surface area contributed by atoms with Gasteiger partial charge >= 0.3 is 5.97 Å². The van der Waals surface area contributed by atoms with E-state index in [1.165, 1.54) is 18.5 Å². The van der Waals surface area contributed by atoms with Crippen LogP contribution in [-0.2, 0) is 9.53 Å². The second-order valence-corrected chi connectivity index (χ2v) is 3.97. The van der Waals surface area contributed by atoms with Gasteiger partial charge in [0.2, 0.25) is 0 Å². The molecule has 0 unspecified atom stereocenters. The molecule has 0 saturated heterocycles. The third-order valence-corrected chi connectivity index (χ3v) is 2.55. The van der Waals surface area contributed by atoms with Crippen molar-refractivity contribution >= 4 is 28.6 Å².